The molecule has 0 saturated heterocycles. The van der Waals surface area contributed by atoms with E-state index in [9.17, 15) is 9.18 Å². The highest BCUT2D eigenvalue weighted by atomic mass is 19.1. The average Bonchev–Trinajstić information content (AvgIpc) is 2.60. The molecule has 0 aromatic heterocycles. The Bertz CT molecular complexity index is 733. The molecule has 1 amide bonds. The number of nitrogens with one attached hydrogen (secondary N) is 1. The van der Waals surface area contributed by atoms with Gasteiger partial charge in [-0.05, 0) is 30.2 Å². The highest BCUT2D eigenvalue weighted by Gasteiger charge is 2.13. The topological polar surface area (TPSA) is 56.8 Å². The van der Waals surface area contributed by atoms with Crippen molar-refractivity contribution in [2.75, 3.05) is 27.9 Å². The van der Waals surface area contributed by atoms with E-state index < -0.39 is 0 Å². The minimum atomic E-state index is -0.349. The van der Waals surface area contributed by atoms with Crippen molar-refractivity contribution in [3.63, 3.8) is 0 Å². The third kappa shape index (κ3) is 5.11. The summed E-state index contributed by atoms with van der Waals surface area (Å²) in [4.78, 5) is 12.0. The zero-order valence-electron chi connectivity index (χ0n) is 14.6. The number of ether oxygens (including phenoxy) is 3. The fourth-order valence-corrected chi connectivity index (χ4v) is 2.55. The second kappa shape index (κ2) is 8.92. The van der Waals surface area contributed by atoms with Crippen LogP contribution in [0, 0.1) is 5.82 Å². The monoisotopic (exact) mass is 347 g/mol. The van der Waals surface area contributed by atoms with E-state index >= 15 is 0 Å². The third-order valence-electron chi connectivity index (χ3n) is 3.74. The average molecular weight is 347 g/mol. The van der Waals surface area contributed by atoms with Gasteiger partial charge in [-0.25, -0.2) is 4.39 Å². The van der Waals surface area contributed by atoms with Gasteiger partial charge in [0.05, 0.1) is 27.8 Å². The van der Waals surface area contributed by atoms with Gasteiger partial charge in [0.15, 0.2) is 11.5 Å². The summed E-state index contributed by atoms with van der Waals surface area (Å²) in [5.41, 5.74) is 1.50. The molecule has 0 heterocycles. The number of carbonyl (C=O) groups is 1. The molecule has 25 heavy (non-hydrogen) atoms. The molecular formula is C19H22FNO4. The fraction of sp³-hybridized carbons (Fsp3) is 0.316. The molecule has 0 aliphatic heterocycles. The molecular weight excluding hydrogens is 325 g/mol. The smallest absolute Gasteiger partial charge is 0.224 e. The van der Waals surface area contributed by atoms with Crippen LogP contribution >= 0.6 is 0 Å². The van der Waals surface area contributed by atoms with Gasteiger partial charge in [-0.3, -0.25) is 4.79 Å². The first-order valence-electron chi connectivity index (χ1n) is 7.87. The summed E-state index contributed by atoms with van der Waals surface area (Å²) in [6.45, 7) is 0.417. The molecule has 6 heteroatoms. The van der Waals surface area contributed by atoms with E-state index in [1.807, 2.05) is 6.07 Å². The molecule has 5 nitrogen and oxygen atoms in total. The Morgan fingerprint density at radius 1 is 1.08 bits per heavy atom. The molecule has 0 atom stereocenters. The molecule has 0 aliphatic carbocycles. The molecule has 0 fully saturated rings. The Morgan fingerprint density at radius 2 is 1.88 bits per heavy atom. The number of hydrogen-bond donors (Lipinski definition) is 1. The summed E-state index contributed by atoms with van der Waals surface area (Å²) in [7, 11) is 4.70. The van der Waals surface area contributed by atoms with Gasteiger partial charge >= 0.3 is 0 Å². The molecule has 2 aromatic rings. The van der Waals surface area contributed by atoms with Gasteiger partial charge in [0.25, 0.3) is 0 Å². The first-order chi connectivity index (χ1) is 12.1. The van der Waals surface area contributed by atoms with Crippen LogP contribution in [0.2, 0.25) is 0 Å². The Labute approximate surface area is 146 Å². The Balaban J connectivity index is 1.97. The standard InChI is InChI=1S/C19H22FNO4/c1-23-16-11-14(19(25-3)17(12-16)24-2)7-8-21-18(22)10-13-5-4-6-15(20)9-13/h4-6,9,11-12H,7-8,10H2,1-3H3,(H,21,22). The molecule has 0 bridgehead atoms. The van der Waals surface area contributed by atoms with E-state index in [0.717, 1.165) is 5.56 Å². The summed E-state index contributed by atoms with van der Waals surface area (Å²) < 4.78 is 29.1. The Morgan fingerprint density at radius 3 is 2.52 bits per heavy atom. The van der Waals surface area contributed by atoms with Crippen molar-refractivity contribution < 1.29 is 23.4 Å². The third-order valence-corrected chi connectivity index (χ3v) is 3.74. The van der Waals surface area contributed by atoms with Crippen molar-refractivity contribution in [2.45, 2.75) is 12.8 Å². The van der Waals surface area contributed by atoms with Crippen LogP contribution in [-0.2, 0) is 17.6 Å². The van der Waals surface area contributed by atoms with Gasteiger partial charge in [-0.15, -0.1) is 0 Å². The van der Waals surface area contributed by atoms with Crippen LogP contribution in [0.1, 0.15) is 11.1 Å². The molecule has 0 aliphatic rings. The van der Waals surface area contributed by atoms with Gasteiger partial charge in [0, 0.05) is 18.2 Å². The number of hydrogen-bond acceptors (Lipinski definition) is 4. The van der Waals surface area contributed by atoms with Crippen LogP contribution in [0.4, 0.5) is 4.39 Å². The van der Waals surface area contributed by atoms with E-state index in [-0.39, 0.29) is 18.1 Å². The number of halogens is 1. The normalized spacial score (nSPS) is 10.2. The van der Waals surface area contributed by atoms with Gasteiger partial charge < -0.3 is 19.5 Å². The van der Waals surface area contributed by atoms with Gasteiger partial charge in [0.2, 0.25) is 5.91 Å². The molecule has 2 aromatic carbocycles. The number of rotatable bonds is 8. The van der Waals surface area contributed by atoms with Crippen molar-refractivity contribution in [1.82, 2.24) is 5.32 Å². The zero-order chi connectivity index (χ0) is 18.2. The molecule has 0 saturated carbocycles. The van der Waals surface area contributed by atoms with Crippen molar-refractivity contribution >= 4 is 5.91 Å². The fourth-order valence-electron chi connectivity index (χ4n) is 2.55. The molecule has 2 rings (SSSR count). The predicted octanol–water partition coefficient (Wildman–Crippen LogP) is 2.75. The summed E-state index contributed by atoms with van der Waals surface area (Å²) in [5, 5.41) is 2.83. The van der Waals surface area contributed by atoms with Crippen molar-refractivity contribution in [2.24, 2.45) is 0 Å². The molecule has 0 unspecified atom stereocenters. The lowest BCUT2D eigenvalue weighted by molar-refractivity contribution is -0.120. The predicted molar refractivity (Wildman–Crippen MR) is 92.9 cm³/mol. The summed E-state index contributed by atoms with van der Waals surface area (Å²) in [6, 6.07) is 9.61. The SMILES string of the molecule is COc1cc(CCNC(=O)Cc2cccc(F)c2)c(OC)c(OC)c1. The van der Waals surface area contributed by atoms with E-state index in [0.29, 0.717) is 35.8 Å². The van der Waals surface area contributed by atoms with Gasteiger partial charge in [-0.2, -0.15) is 0 Å². The highest BCUT2D eigenvalue weighted by Crippen LogP contribution is 2.35. The Hall–Kier alpha value is -2.76. The maximum absolute atomic E-state index is 13.1. The van der Waals surface area contributed by atoms with Gasteiger partial charge in [0.1, 0.15) is 11.6 Å². The summed E-state index contributed by atoms with van der Waals surface area (Å²) >= 11 is 0. The van der Waals surface area contributed by atoms with Crippen LogP contribution < -0.4 is 19.5 Å². The van der Waals surface area contributed by atoms with Crippen LogP contribution in [-0.4, -0.2) is 33.8 Å². The first-order valence-corrected chi connectivity index (χ1v) is 7.87. The van der Waals surface area contributed by atoms with Crippen LogP contribution in [0.5, 0.6) is 17.2 Å². The second-order valence-electron chi connectivity index (χ2n) is 5.43. The number of benzene rings is 2. The van der Waals surface area contributed by atoms with Gasteiger partial charge in [-0.1, -0.05) is 12.1 Å². The maximum atomic E-state index is 13.1. The van der Waals surface area contributed by atoms with Crippen LogP contribution in [0.25, 0.3) is 0 Å². The lowest BCUT2D eigenvalue weighted by Crippen LogP contribution is -2.27. The van der Waals surface area contributed by atoms with Crippen LogP contribution in [0.3, 0.4) is 0 Å². The quantitative estimate of drug-likeness (QED) is 0.798. The van der Waals surface area contributed by atoms with Crippen molar-refractivity contribution in [1.29, 1.82) is 0 Å². The second-order valence-corrected chi connectivity index (χ2v) is 5.43. The van der Waals surface area contributed by atoms with E-state index in [2.05, 4.69) is 5.32 Å². The zero-order valence-corrected chi connectivity index (χ0v) is 14.6. The largest absolute Gasteiger partial charge is 0.497 e. The minimum Gasteiger partial charge on any atom is -0.497 e. The van der Waals surface area contributed by atoms with E-state index in [1.54, 1.807) is 39.5 Å². The molecule has 0 spiro atoms. The lowest BCUT2D eigenvalue weighted by atomic mass is 10.1. The first kappa shape index (κ1) is 18.6. The summed E-state index contributed by atoms with van der Waals surface area (Å²) in [6.07, 6.45) is 0.682. The molecule has 134 valence electrons. The molecule has 1 N–H and O–H groups in total. The number of amides is 1. The number of carbonyl (C=O) groups excluding carboxylic acids is 1. The van der Waals surface area contributed by atoms with Crippen LogP contribution in [0.15, 0.2) is 36.4 Å². The van der Waals surface area contributed by atoms with E-state index in [4.69, 9.17) is 14.2 Å². The van der Waals surface area contributed by atoms with Crippen molar-refractivity contribution in [3.05, 3.63) is 53.3 Å². The van der Waals surface area contributed by atoms with Crippen molar-refractivity contribution in [3.8, 4) is 17.2 Å². The summed E-state index contributed by atoms with van der Waals surface area (Å²) in [5.74, 6) is 1.32. The molecule has 0 radical (unpaired) electrons. The van der Waals surface area contributed by atoms with E-state index in [1.165, 1.54) is 12.1 Å². The number of methoxy groups -OCH3 is 3. The lowest BCUT2D eigenvalue weighted by Gasteiger charge is -2.15. The highest BCUT2D eigenvalue weighted by molar-refractivity contribution is 5.78. The Kier molecular flexibility index (Phi) is 6.62. The minimum absolute atomic E-state index is 0.135. The maximum Gasteiger partial charge on any atom is 0.224 e.